The van der Waals surface area contributed by atoms with Crippen LogP contribution >= 0.6 is 0 Å². The number of nitrogens with one attached hydrogen (secondary N) is 2. The number of carboxylic acid groups (broad SMARTS) is 1. The van der Waals surface area contributed by atoms with Gasteiger partial charge in [0.25, 0.3) is 0 Å². The van der Waals surface area contributed by atoms with Gasteiger partial charge in [0.15, 0.2) is 5.65 Å². The molecule has 7 heteroatoms. The number of fused-ring (bicyclic) bond motifs is 2. The number of aromatic nitrogens is 3. The van der Waals surface area contributed by atoms with Crippen LogP contribution in [0.25, 0.3) is 22.1 Å². The molecule has 1 atom stereocenters. The van der Waals surface area contributed by atoms with Crippen LogP contribution in [0.2, 0.25) is 0 Å². The van der Waals surface area contributed by atoms with Crippen molar-refractivity contribution in [1.29, 1.82) is 0 Å². The SMILES string of the molecule is CCC(Oc1ccc2nc3[nH]c(=O)[nH]c3cc2c1)C(=O)[O-]. The van der Waals surface area contributed by atoms with E-state index in [-0.39, 0.29) is 5.69 Å². The highest BCUT2D eigenvalue weighted by atomic mass is 16.5. The summed E-state index contributed by atoms with van der Waals surface area (Å²) in [5.41, 5.74) is 1.40. The van der Waals surface area contributed by atoms with Crippen LogP contribution in [0.15, 0.2) is 29.1 Å². The van der Waals surface area contributed by atoms with E-state index in [0.29, 0.717) is 28.9 Å². The average molecular weight is 286 g/mol. The smallest absolute Gasteiger partial charge is 0.325 e. The number of hydrogen-bond donors (Lipinski definition) is 2. The third-order valence-corrected chi connectivity index (χ3v) is 3.18. The fraction of sp³-hybridized carbons (Fsp3) is 0.214. The van der Waals surface area contributed by atoms with E-state index >= 15 is 0 Å². The molecular weight excluding hydrogens is 274 g/mol. The molecule has 0 bridgehead atoms. The van der Waals surface area contributed by atoms with Gasteiger partial charge in [-0.25, -0.2) is 9.78 Å². The van der Waals surface area contributed by atoms with E-state index in [9.17, 15) is 14.7 Å². The Morgan fingerprint density at radius 1 is 1.38 bits per heavy atom. The van der Waals surface area contributed by atoms with E-state index in [1.54, 1.807) is 31.2 Å². The zero-order valence-corrected chi connectivity index (χ0v) is 11.2. The molecule has 0 aliphatic carbocycles. The first-order valence-electron chi connectivity index (χ1n) is 6.47. The number of carbonyl (C=O) groups excluding carboxylic acids is 1. The second-order valence-electron chi connectivity index (χ2n) is 4.65. The van der Waals surface area contributed by atoms with E-state index in [4.69, 9.17) is 4.74 Å². The van der Waals surface area contributed by atoms with Crippen LogP contribution in [0.1, 0.15) is 13.3 Å². The summed E-state index contributed by atoms with van der Waals surface area (Å²) < 4.78 is 5.38. The van der Waals surface area contributed by atoms with Crippen molar-refractivity contribution in [2.75, 3.05) is 0 Å². The Balaban J connectivity index is 2.04. The van der Waals surface area contributed by atoms with Crippen molar-refractivity contribution in [2.24, 2.45) is 0 Å². The van der Waals surface area contributed by atoms with E-state index in [1.807, 2.05) is 0 Å². The fourth-order valence-corrected chi connectivity index (χ4v) is 2.14. The fourth-order valence-electron chi connectivity index (χ4n) is 2.14. The Bertz CT molecular complexity index is 881. The Morgan fingerprint density at radius 2 is 2.19 bits per heavy atom. The zero-order chi connectivity index (χ0) is 15.0. The summed E-state index contributed by atoms with van der Waals surface area (Å²) in [5.74, 6) is -0.835. The molecule has 108 valence electrons. The van der Waals surface area contributed by atoms with E-state index in [0.717, 1.165) is 5.39 Å². The average Bonchev–Trinajstić information content (AvgIpc) is 2.80. The van der Waals surface area contributed by atoms with Crippen LogP contribution < -0.4 is 15.5 Å². The largest absolute Gasteiger partial charge is 0.546 e. The first kappa shape index (κ1) is 13.2. The van der Waals surface area contributed by atoms with Crippen LogP contribution in [0.3, 0.4) is 0 Å². The van der Waals surface area contributed by atoms with Crippen molar-refractivity contribution in [3.8, 4) is 5.75 Å². The Morgan fingerprint density at radius 3 is 2.90 bits per heavy atom. The molecule has 3 rings (SSSR count). The predicted molar refractivity (Wildman–Crippen MR) is 73.9 cm³/mol. The van der Waals surface area contributed by atoms with Gasteiger partial charge in [-0.3, -0.25) is 4.98 Å². The number of rotatable bonds is 4. The molecule has 0 saturated carbocycles. The van der Waals surface area contributed by atoms with Crippen molar-refractivity contribution in [3.05, 3.63) is 34.7 Å². The maximum Gasteiger partial charge on any atom is 0.325 e. The molecular formula is C14H12N3O4-. The summed E-state index contributed by atoms with van der Waals surface area (Å²) in [6.45, 7) is 1.71. The van der Waals surface area contributed by atoms with E-state index < -0.39 is 12.1 Å². The molecule has 0 aliphatic rings. The first-order valence-corrected chi connectivity index (χ1v) is 6.47. The molecule has 0 aliphatic heterocycles. The van der Waals surface area contributed by atoms with Gasteiger partial charge in [0, 0.05) is 5.39 Å². The maximum absolute atomic E-state index is 11.2. The van der Waals surface area contributed by atoms with Gasteiger partial charge in [0.05, 0.1) is 17.0 Å². The van der Waals surface area contributed by atoms with Gasteiger partial charge in [-0.05, 0) is 30.7 Å². The van der Waals surface area contributed by atoms with Gasteiger partial charge in [-0.2, -0.15) is 0 Å². The van der Waals surface area contributed by atoms with E-state index in [2.05, 4.69) is 15.0 Å². The summed E-state index contributed by atoms with van der Waals surface area (Å²) in [5, 5.41) is 11.6. The van der Waals surface area contributed by atoms with Crippen LogP contribution in [0.5, 0.6) is 5.75 Å². The highest BCUT2D eigenvalue weighted by molar-refractivity contribution is 5.90. The first-order chi connectivity index (χ1) is 10.1. The van der Waals surface area contributed by atoms with Crippen molar-refractivity contribution in [1.82, 2.24) is 15.0 Å². The number of carboxylic acids is 1. The van der Waals surface area contributed by atoms with Crippen LogP contribution in [0, 0.1) is 0 Å². The minimum absolute atomic E-state index is 0.308. The zero-order valence-electron chi connectivity index (χ0n) is 11.2. The lowest BCUT2D eigenvalue weighted by molar-refractivity contribution is -0.313. The molecule has 7 nitrogen and oxygen atoms in total. The number of aliphatic carboxylic acids is 1. The van der Waals surface area contributed by atoms with Crippen LogP contribution in [-0.2, 0) is 4.79 Å². The molecule has 3 aromatic rings. The number of H-pyrrole nitrogens is 2. The Hall–Kier alpha value is -2.83. The van der Waals surface area contributed by atoms with E-state index in [1.165, 1.54) is 0 Å². The normalized spacial score (nSPS) is 12.6. The number of ether oxygens (including phenoxy) is 1. The van der Waals surface area contributed by atoms with Gasteiger partial charge >= 0.3 is 5.69 Å². The second-order valence-corrected chi connectivity index (χ2v) is 4.65. The predicted octanol–water partition coefficient (Wildman–Crippen LogP) is 0.312. The molecule has 0 spiro atoms. The molecule has 2 aromatic heterocycles. The van der Waals surface area contributed by atoms with Crippen molar-refractivity contribution >= 4 is 28.0 Å². The third kappa shape index (κ3) is 2.45. The van der Waals surface area contributed by atoms with Gasteiger partial charge in [-0.1, -0.05) is 6.92 Å². The highest BCUT2D eigenvalue weighted by Crippen LogP contribution is 2.23. The monoisotopic (exact) mass is 286 g/mol. The molecule has 1 aromatic carbocycles. The Kier molecular flexibility index (Phi) is 3.09. The molecule has 2 heterocycles. The maximum atomic E-state index is 11.2. The summed E-state index contributed by atoms with van der Waals surface area (Å²) in [4.78, 5) is 31.6. The highest BCUT2D eigenvalue weighted by Gasteiger charge is 2.10. The molecule has 2 N–H and O–H groups in total. The van der Waals surface area contributed by atoms with Crippen LogP contribution in [0.4, 0.5) is 0 Å². The molecule has 0 fully saturated rings. The second kappa shape index (κ2) is 4.93. The third-order valence-electron chi connectivity index (χ3n) is 3.18. The molecule has 21 heavy (non-hydrogen) atoms. The van der Waals surface area contributed by atoms with Gasteiger partial charge in [0.1, 0.15) is 11.9 Å². The summed E-state index contributed by atoms with van der Waals surface area (Å²) in [6, 6.07) is 6.77. The summed E-state index contributed by atoms with van der Waals surface area (Å²) >= 11 is 0. The minimum Gasteiger partial charge on any atom is -0.546 e. The number of hydrogen-bond acceptors (Lipinski definition) is 5. The summed E-state index contributed by atoms with van der Waals surface area (Å²) in [6.07, 6.45) is -0.686. The summed E-state index contributed by atoms with van der Waals surface area (Å²) in [7, 11) is 0. The number of benzene rings is 1. The molecule has 0 amide bonds. The van der Waals surface area contributed by atoms with Crippen molar-refractivity contribution in [3.63, 3.8) is 0 Å². The molecule has 0 radical (unpaired) electrons. The molecule has 0 saturated heterocycles. The lowest BCUT2D eigenvalue weighted by atomic mass is 10.2. The van der Waals surface area contributed by atoms with Gasteiger partial charge < -0.3 is 19.6 Å². The standard InChI is InChI=1S/C14H13N3O4/c1-2-11(13(18)19)21-8-3-4-9-7(5-8)6-10-12(15-9)17-14(20)16-10/h3-6,11H,2H2,1H3,(H,18,19)(H2,15,16,17,20)/p-1. The number of aromatic amines is 2. The van der Waals surface area contributed by atoms with Gasteiger partial charge in [0.2, 0.25) is 0 Å². The van der Waals surface area contributed by atoms with Crippen molar-refractivity contribution < 1.29 is 14.6 Å². The minimum atomic E-state index is -1.25. The lowest BCUT2D eigenvalue weighted by Gasteiger charge is -2.18. The quantitative estimate of drug-likeness (QED) is 0.717. The lowest BCUT2D eigenvalue weighted by Crippen LogP contribution is -2.39. The van der Waals surface area contributed by atoms with Gasteiger partial charge in [-0.15, -0.1) is 0 Å². The number of pyridine rings is 1. The molecule has 1 unspecified atom stereocenters. The number of imidazole rings is 1. The topological polar surface area (TPSA) is 111 Å². The number of carbonyl (C=O) groups is 1. The number of nitrogens with zero attached hydrogens (tertiary/aromatic N) is 1. The van der Waals surface area contributed by atoms with Crippen molar-refractivity contribution in [2.45, 2.75) is 19.4 Å². The van der Waals surface area contributed by atoms with Crippen LogP contribution in [-0.4, -0.2) is 27.0 Å². The Labute approximate surface area is 118 Å².